The molecule has 0 aromatic heterocycles. The van der Waals surface area contributed by atoms with E-state index in [0.717, 1.165) is 42.0 Å². The smallest absolute Gasteiger partial charge is 0.122 e. The van der Waals surface area contributed by atoms with Crippen molar-refractivity contribution in [3.8, 4) is 11.5 Å². The van der Waals surface area contributed by atoms with E-state index in [1.165, 1.54) is 0 Å². The zero-order valence-electron chi connectivity index (χ0n) is 10.8. The molecule has 0 aliphatic heterocycles. The van der Waals surface area contributed by atoms with Gasteiger partial charge in [0.15, 0.2) is 0 Å². The monoisotopic (exact) mass is 335 g/mol. The normalized spacial score (nSPS) is 10.7. The van der Waals surface area contributed by atoms with Gasteiger partial charge in [-0.2, -0.15) is 0 Å². The molecule has 1 rings (SSSR count). The molecule has 3 nitrogen and oxygen atoms in total. The van der Waals surface area contributed by atoms with Crippen LogP contribution in [0.25, 0.3) is 0 Å². The molecule has 0 N–H and O–H groups in total. The Kier molecular flexibility index (Phi) is 7.47. The number of ether oxygens (including phenoxy) is 2. The van der Waals surface area contributed by atoms with Crippen LogP contribution in [0.1, 0.15) is 5.56 Å². The number of hydrogen-bond acceptors (Lipinski definition) is 3. The van der Waals surface area contributed by atoms with Gasteiger partial charge >= 0.3 is 0 Å². The van der Waals surface area contributed by atoms with E-state index in [1.807, 2.05) is 18.2 Å². The van der Waals surface area contributed by atoms with E-state index in [1.54, 1.807) is 14.2 Å². The molecule has 18 heavy (non-hydrogen) atoms. The van der Waals surface area contributed by atoms with Crippen LogP contribution in [0.3, 0.4) is 0 Å². The van der Waals surface area contributed by atoms with Crippen molar-refractivity contribution in [2.45, 2.75) is 6.54 Å². The molecule has 1 aromatic carbocycles. The number of halogens is 2. The molecule has 0 aliphatic carbocycles. The molecule has 0 fully saturated rings. The van der Waals surface area contributed by atoms with E-state index >= 15 is 0 Å². The molecule has 0 radical (unpaired) electrons. The summed E-state index contributed by atoms with van der Waals surface area (Å²) >= 11 is 9.26. The van der Waals surface area contributed by atoms with Gasteiger partial charge in [-0.3, -0.25) is 4.90 Å². The van der Waals surface area contributed by atoms with Crippen molar-refractivity contribution in [3.63, 3.8) is 0 Å². The van der Waals surface area contributed by atoms with Gasteiger partial charge in [-0.05, 0) is 17.7 Å². The second-order valence-corrected chi connectivity index (χ2v) is 5.05. The lowest BCUT2D eigenvalue weighted by Crippen LogP contribution is -2.27. The summed E-state index contributed by atoms with van der Waals surface area (Å²) in [6, 6.07) is 5.93. The zero-order chi connectivity index (χ0) is 13.4. The average Bonchev–Trinajstić information content (AvgIpc) is 2.38. The van der Waals surface area contributed by atoms with Gasteiger partial charge in [-0.15, -0.1) is 11.6 Å². The molecule has 0 amide bonds. The summed E-state index contributed by atoms with van der Waals surface area (Å²) in [5.74, 6) is 2.26. The third kappa shape index (κ3) is 5.04. The number of alkyl halides is 2. The first-order chi connectivity index (χ1) is 8.73. The third-order valence-corrected chi connectivity index (χ3v) is 3.14. The van der Waals surface area contributed by atoms with E-state index < -0.39 is 0 Å². The highest BCUT2D eigenvalue weighted by molar-refractivity contribution is 9.09. The minimum atomic E-state index is 0.633. The Balaban J connectivity index is 2.80. The van der Waals surface area contributed by atoms with Crippen molar-refractivity contribution < 1.29 is 9.47 Å². The minimum Gasteiger partial charge on any atom is -0.497 e. The van der Waals surface area contributed by atoms with Crippen LogP contribution in [-0.2, 0) is 6.54 Å². The topological polar surface area (TPSA) is 21.7 Å². The molecule has 0 spiro atoms. The number of methoxy groups -OCH3 is 2. The van der Waals surface area contributed by atoms with Crippen molar-refractivity contribution >= 4 is 27.5 Å². The fraction of sp³-hybridized carbons (Fsp3) is 0.538. The molecule has 0 saturated carbocycles. The Morgan fingerprint density at radius 2 is 1.72 bits per heavy atom. The second kappa shape index (κ2) is 8.62. The molecular weight excluding hydrogens is 318 g/mol. The second-order valence-electron chi connectivity index (χ2n) is 3.88. The predicted molar refractivity (Wildman–Crippen MR) is 79.3 cm³/mol. The first-order valence-corrected chi connectivity index (χ1v) is 7.45. The maximum Gasteiger partial charge on any atom is 0.122 e. The Hall–Kier alpha value is -0.450. The number of hydrogen-bond donors (Lipinski definition) is 0. The van der Waals surface area contributed by atoms with E-state index in [0.29, 0.717) is 5.88 Å². The first-order valence-electron chi connectivity index (χ1n) is 5.79. The Morgan fingerprint density at radius 3 is 2.17 bits per heavy atom. The van der Waals surface area contributed by atoms with Crippen LogP contribution in [0.5, 0.6) is 11.5 Å². The number of nitrogens with zero attached hydrogens (tertiary/aromatic N) is 1. The van der Waals surface area contributed by atoms with Gasteiger partial charge < -0.3 is 9.47 Å². The van der Waals surface area contributed by atoms with Gasteiger partial charge in [0.1, 0.15) is 11.5 Å². The third-order valence-electron chi connectivity index (χ3n) is 2.62. The van der Waals surface area contributed by atoms with Gasteiger partial charge in [-0.25, -0.2) is 0 Å². The van der Waals surface area contributed by atoms with Crippen molar-refractivity contribution in [2.24, 2.45) is 0 Å². The molecule has 0 bridgehead atoms. The van der Waals surface area contributed by atoms with Crippen LogP contribution in [0.2, 0.25) is 0 Å². The summed E-state index contributed by atoms with van der Waals surface area (Å²) in [5.41, 5.74) is 1.16. The lowest BCUT2D eigenvalue weighted by Gasteiger charge is -2.20. The van der Waals surface area contributed by atoms with Crippen LogP contribution < -0.4 is 9.47 Å². The molecule has 0 atom stereocenters. The average molecular weight is 337 g/mol. The summed E-state index contributed by atoms with van der Waals surface area (Å²) in [5, 5.41) is 0.936. The molecule has 0 heterocycles. The number of rotatable bonds is 8. The highest BCUT2D eigenvalue weighted by Crippen LogP contribution is 2.23. The molecule has 0 aliphatic rings. The molecule has 1 aromatic rings. The lowest BCUT2D eigenvalue weighted by atomic mass is 10.2. The number of benzene rings is 1. The summed E-state index contributed by atoms with van der Waals surface area (Å²) in [4.78, 5) is 2.29. The maximum atomic E-state index is 5.81. The Bertz CT molecular complexity index is 335. The van der Waals surface area contributed by atoms with E-state index in [9.17, 15) is 0 Å². The van der Waals surface area contributed by atoms with Gasteiger partial charge in [0.25, 0.3) is 0 Å². The van der Waals surface area contributed by atoms with Crippen molar-refractivity contribution in [1.29, 1.82) is 0 Å². The minimum absolute atomic E-state index is 0.633. The summed E-state index contributed by atoms with van der Waals surface area (Å²) in [6.07, 6.45) is 0. The van der Waals surface area contributed by atoms with Crippen LogP contribution in [0.15, 0.2) is 18.2 Å². The fourth-order valence-electron chi connectivity index (χ4n) is 1.72. The first kappa shape index (κ1) is 15.6. The van der Waals surface area contributed by atoms with Crippen LogP contribution >= 0.6 is 27.5 Å². The molecule has 0 unspecified atom stereocenters. The quantitative estimate of drug-likeness (QED) is 0.681. The van der Waals surface area contributed by atoms with Crippen molar-refractivity contribution in [3.05, 3.63) is 23.8 Å². The summed E-state index contributed by atoms with van der Waals surface area (Å²) in [7, 11) is 3.32. The largest absolute Gasteiger partial charge is 0.497 e. The van der Waals surface area contributed by atoms with Crippen LogP contribution in [0, 0.1) is 0 Å². The van der Waals surface area contributed by atoms with E-state index in [4.69, 9.17) is 21.1 Å². The van der Waals surface area contributed by atoms with Gasteiger partial charge in [0, 0.05) is 36.9 Å². The van der Waals surface area contributed by atoms with Gasteiger partial charge in [-0.1, -0.05) is 15.9 Å². The van der Waals surface area contributed by atoms with Crippen LogP contribution in [0.4, 0.5) is 0 Å². The van der Waals surface area contributed by atoms with Crippen molar-refractivity contribution in [2.75, 3.05) is 38.5 Å². The summed E-state index contributed by atoms with van der Waals surface area (Å²) in [6.45, 7) is 2.67. The molecule has 0 saturated heterocycles. The van der Waals surface area contributed by atoms with Crippen LogP contribution in [-0.4, -0.2) is 43.4 Å². The molecule has 102 valence electrons. The highest BCUT2D eigenvalue weighted by atomic mass is 79.9. The highest BCUT2D eigenvalue weighted by Gasteiger charge is 2.07. The maximum absolute atomic E-state index is 5.81. The molecular formula is C13H19BrClNO2. The van der Waals surface area contributed by atoms with Crippen molar-refractivity contribution in [1.82, 2.24) is 4.90 Å². The summed E-state index contributed by atoms with van der Waals surface area (Å²) < 4.78 is 10.5. The van der Waals surface area contributed by atoms with Gasteiger partial charge in [0.05, 0.1) is 14.2 Å². The van der Waals surface area contributed by atoms with E-state index in [-0.39, 0.29) is 0 Å². The lowest BCUT2D eigenvalue weighted by molar-refractivity contribution is 0.299. The van der Waals surface area contributed by atoms with Gasteiger partial charge in [0.2, 0.25) is 0 Å². The Morgan fingerprint density at radius 1 is 1.11 bits per heavy atom. The standard InChI is InChI=1S/C13H19BrClNO2/c1-17-12-7-11(8-13(9-12)18-2)10-16(5-3-14)6-4-15/h7-9H,3-6,10H2,1-2H3. The Labute approximate surface area is 122 Å². The predicted octanol–water partition coefficient (Wildman–Crippen LogP) is 3.14. The zero-order valence-corrected chi connectivity index (χ0v) is 13.1. The van der Waals surface area contributed by atoms with E-state index in [2.05, 4.69) is 20.8 Å². The molecule has 5 heteroatoms. The SMILES string of the molecule is COc1cc(CN(CCCl)CCBr)cc(OC)c1. The fourth-order valence-corrected chi connectivity index (χ4v) is 2.47.